The third-order valence-corrected chi connectivity index (χ3v) is 5.98. The first-order chi connectivity index (χ1) is 15.3. The Labute approximate surface area is 192 Å². The van der Waals surface area contributed by atoms with Crippen LogP contribution >= 0.6 is 0 Å². The van der Waals surface area contributed by atoms with Crippen LogP contribution < -0.4 is 5.32 Å². The van der Waals surface area contributed by atoms with Gasteiger partial charge in [0.15, 0.2) is 0 Å². The first-order valence-corrected chi connectivity index (χ1v) is 11.4. The zero-order valence-electron chi connectivity index (χ0n) is 20.1. The summed E-state index contributed by atoms with van der Waals surface area (Å²) in [6.45, 7) is 15.9. The van der Waals surface area contributed by atoms with Crippen molar-refractivity contribution in [3.63, 3.8) is 0 Å². The number of amides is 2. The molecule has 2 rings (SSSR count). The molecular weight excluding hydrogens is 400 g/mol. The number of rotatable bonds is 10. The maximum Gasteiger partial charge on any atom is 0.247 e. The first kappa shape index (κ1) is 25.4. The van der Waals surface area contributed by atoms with Crippen molar-refractivity contribution in [1.82, 2.24) is 19.8 Å². The molecule has 0 saturated heterocycles. The van der Waals surface area contributed by atoms with Gasteiger partial charge in [0.1, 0.15) is 18.4 Å². The van der Waals surface area contributed by atoms with Gasteiger partial charge in [-0.1, -0.05) is 61.8 Å². The Hall–Kier alpha value is -2.89. The summed E-state index contributed by atoms with van der Waals surface area (Å²) in [6.07, 6.45) is 14.1. The van der Waals surface area contributed by atoms with Crippen LogP contribution in [0.25, 0.3) is 0 Å². The Morgan fingerprint density at radius 2 is 1.94 bits per heavy atom. The standard InChI is InChI=1S/C26H38N4O2/c1-7-12-20(5)17-30(24(31)18-29-16-15-27-21(29)6)25(23(8-2)19(3)4)26(32)28-22-13-10-9-11-14-22/h7-8,12,15-16,22,25H,1-2,9-11,13-14,17-18H2,3-6H3,(H,28,32). The summed E-state index contributed by atoms with van der Waals surface area (Å²) >= 11 is 0. The number of allylic oxidation sites excluding steroid dienone is 3. The van der Waals surface area contributed by atoms with E-state index in [-0.39, 0.29) is 24.4 Å². The van der Waals surface area contributed by atoms with Gasteiger partial charge >= 0.3 is 0 Å². The highest BCUT2D eigenvalue weighted by molar-refractivity contribution is 5.91. The van der Waals surface area contributed by atoms with Crippen LogP contribution in [0.15, 0.2) is 60.5 Å². The van der Waals surface area contributed by atoms with Crippen LogP contribution in [0.1, 0.15) is 58.7 Å². The SMILES string of the molecule is C=CC=C(C)CN(C(=O)Cn1ccnc1C)C(C(=O)NC1CCCCC1)C(C=C)=C(C)C. The van der Waals surface area contributed by atoms with Gasteiger partial charge in [-0.05, 0) is 46.1 Å². The van der Waals surface area contributed by atoms with Gasteiger partial charge in [0.25, 0.3) is 0 Å². The fourth-order valence-electron chi connectivity index (χ4n) is 4.22. The van der Waals surface area contributed by atoms with Gasteiger partial charge in [-0.2, -0.15) is 0 Å². The lowest BCUT2D eigenvalue weighted by Crippen LogP contribution is -2.54. The quantitative estimate of drug-likeness (QED) is 0.547. The normalized spacial score (nSPS) is 15.6. The number of hydrogen-bond acceptors (Lipinski definition) is 3. The number of carbonyl (C=O) groups excluding carboxylic acids is 2. The van der Waals surface area contributed by atoms with E-state index in [1.165, 1.54) is 6.42 Å². The minimum Gasteiger partial charge on any atom is -0.351 e. The average molecular weight is 439 g/mol. The molecule has 1 aliphatic carbocycles. The molecule has 1 N–H and O–H groups in total. The molecule has 0 bridgehead atoms. The molecule has 1 unspecified atom stereocenters. The Kier molecular flexibility index (Phi) is 9.69. The molecule has 32 heavy (non-hydrogen) atoms. The molecule has 0 radical (unpaired) electrons. The van der Waals surface area contributed by atoms with Crippen LogP contribution in [0, 0.1) is 6.92 Å². The molecule has 6 heteroatoms. The van der Waals surface area contributed by atoms with Crippen LogP contribution in [0.5, 0.6) is 0 Å². The highest BCUT2D eigenvalue weighted by atomic mass is 16.2. The monoisotopic (exact) mass is 438 g/mol. The van der Waals surface area contributed by atoms with Gasteiger partial charge in [-0.3, -0.25) is 9.59 Å². The van der Waals surface area contributed by atoms with Crippen LogP contribution in [-0.2, 0) is 16.1 Å². The molecule has 6 nitrogen and oxygen atoms in total. The van der Waals surface area contributed by atoms with Crippen molar-refractivity contribution in [2.24, 2.45) is 0 Å². The lowest BCUT2D eigenvalue weighted by molar-refractivity contribution is -0.139. The van der Waals surface area contributed by atoms with Gasteiger partial charge in [-0.15, -0.1) is 0 Å². The zero-order chi connectivity index (χ0) is 23.7. The van der Waals surface area contributed by atoms with E-state index < -0.39 is 6.04 Å². The van der Waals surface area contributed by atoms with Crippen LogP contribution in [0.4, 0.5) is 0 Å². The molecule has 1 heterocycles. The molecular formula is C26H38N4O2. The molecule has 1 saturated carbocycles. The third-order valence-electron chi connectivity index (χ3n) is 5.98. The summed E-state index contributed by atoms with van der Waals surface area (Å²) in [5.74, 6) is 0.466. The topological polar surface area (TPSA) is 67.2 Å². The van der Waals surface area contributed by atoms with Crippen molar-refractivity contribution in [3.05, 3.63) is 66.3 Å². The van der Waals surface area contributed by atoms with E-state index in [0.717, 1.165) is 48.2 Å². The van der Waals surface area contributed by atoms with Gasteiger partial charge in [0.05, 0.1) is 0 Å². The smallest absolute Gasteiger partial charge is 0.247 e. The second kappa shape index (κ2) is 12.2. The minimum atomic E-state index is -0.746. The summed E-state index contributed by atoms with van der Waals surface area (Å²) < 4.78 is 1.80. The maximum atomic E-state index is 13.6. The van der Waals surface area contributed by atoms with Crippen LogP contribution in [0.2, 0.25) is 0 Å². The Morgan fingerprint density at radius 3 is 2.47 bits per heavy atom. The van der Waals surface area contributed by atoms with E-state index in [1.807, 2.05) is 33.8 Å². The molecule has 1 aromatic rings. The zero-order valence-corrected chi connectivity index (χ0v) is 20.1. The second-order valence-electron chi connectivity index (χ2n) is 8.78. The fourth-order valence-corrected chi connectivity index (χ4v) is 4.22. The Bertz CT molecular complexity index is 883. The van der Waals surface area contributed by atoms with Crippen molar-refractivity contribution in [2.75, 3.05) is 6.54 Å². The van der Waals surface area contributed by atoms with Crippen LogP contribution in [0.3, 0.4) is 0 Å². The molecule has 0 spiro atoms. The molecule has 1 fully saturated rings. The molecule has 1 atom stereocenters. The van der Waals surface area contributed by atoms with E-state index in [2.05, 4.69) is 23.5 Å². The largest absolute Gasteiger partial charge is 0.351 e. The van der Waals surface area contributed by atoms with Crippen molar-refractivity contribution in [3.8, 4) is 0 Å². The van der Waals surface area contributed by atoms with E-state index in [1.54, 1.807) is 34.0 Å². The predicted molar refractivity (Wildman–Crippen MR) is 130 cm³/mol. The van der Waals surface area contributed by atoms with Gasteiger partial charge < -0.3 is 14.8 Å². The maximum absolute atomic E-state index is 13.6. The number of hydrogen-bond donors (Lipinski definition) is 1. The summed E-state index contributed by atoms with van der Waals surface area (Å²) in [5.41, 5.74) is 2.68. The molecule has 1 aromatic heterocycles. The van der Waals surface area contributed by atoms with Crippen molar-refractivity contribution in [1.29, 1.82) is 0 Å². The predicted octanol–water partition coefficient (Wildman–Crippen LogP) is 4.49. The van der Waals surface area contributed by atoms with Crippen molar-refractivity contribution < 1.29 is 9.59 Å². The van der Waals surface area contributed by atoms with E-state index in [4.69, 9.17) is 0 Å². The number of imidazole rings is 1. The summed E-state index contributed by atoms with van der Waals surface area (Å²) in [4.78, 5) is 33.1. The van der Waals surface area contributed by atoms with Crippen LogP contribution in [-0.4, -0.2) is 44.9 Å². The number of carbonyl (C=O) groups is 2. The van der Waals surface area contributed by atoms with E-state index in [0.29, 0.717) is 6.54 Å². The highest BCUT2D eigenvalue weighted by Gasteiger charge is 2.34. The van der Waals surface area contributed by atoms with Crippen molar-refractivity contribution >= 4 is 11.8 Å². The van der Waals surface area contributed by atoms with Gasteiger partial charge in [0, 0.05) is 25.0 Å². The second-order valence-corrected chi connectivity index (χ2v) is 8.78. The Morgan fingerprint density at radius 1 is 1.25 bits per heavy atom. The summed E-state index contributed by atoms with van der Waals surface area (Å²) in [5, 5.41) is 3.23. The molecule has 0 aliphatic heterocycles. The average Bonchev–Trinajstić information content (AvgIpc) is 3.15. The number of aryl methyl sites for hydroxylation is 1. The number of nitrogens with zero attached hydrogens (tertiary/aromatic N) is 3. The number of aromatic nitrogens is 2. The molecule has 0 aromatic carbocycles. The lowest BCUT2D eigenvalue weighted by Gasteiger charge is -2.35. The lowest BCUT2D eigenvalue weighted by atomic mass is 9.94. The van der Waals surface area contributed by atoms with Gasteiger partial charge in [-0.25, -0.2) is 4.98 Å². The third kappa shape index (κ3) is 6.81. The highest BCUT2D eigenvalue weighted by Crippen LogP contribution is 2.22. The fraction of sp³-hybridized carbons (Fsp3) is 0.500. The van der Waals surface area contributed by atoms with Crippen molar-refractivity contribution in [2.45, 2.75) is 78.4 Å². The molecule has 1 aliphatic rings. The number of nitrogens with one attached hydrogen (secondary N) is 1. The Balaban J connectivity index is 2.44. The van der Waals surface area contributed by atoms with E-state index >= 15 is 0 Å². The van der Waals surface area contributed by atoms with Gasteiger partial charge in [0.2, 0.25) is 11.8 Å². The molecule has 174 valence electrons. The molecule has 2 amide bonds. The minimum absolute atomic E-state index is 0.119. The van der Waals surface area contributed by atoms with E-state index in [9.17, 15) is 9.59 Å². The summed E-state index contributed by atoms with van der Waals surface area (Å²) in [7, 11) is 0. The summed E-state index contributed by atoms with van der Waals surface area (Å²) in [6, 6.07) is -0.594. The first-order valence-electron chi connectivity index (χ1n) is 11.4.